The van der Waals surface area contributed by atoms with Crippen molar-refractivity contribution < 1.29 is 18.9 Å². The molecule has 0 N–H and O–H groups in total. The van der Waals surface area contributed by atoms with E-state index in [0.29, 0.717) is 26.4 Å². The zero-order valence-electron chi connectivity index (χ0n) is 15.4. The molecule has 0 bridgehead atoms. The van der Waals surface area contributed by atoms with Crippen molar-refractivity contribution >= 4 is 0 Å². The maximum Gasteiger partial charge on any atom is 0.177 e. The number of benzene rings is 2. The van der Waals surface area contributed by atoms with E-state index in [1.807, 2.05) is 72.8 Å². The maximum atomic E-state index is 6.07. The average Bonchev–Trinajstić information content (AvgIpc) is 2.73. The summed E-state index contributed by atoms with van der Waals surface area (Å²) in [5, 5.41) is 0. The van der Waals surface area contributed by atoms with Gasteiger partial charge in [-0.25, -0.2) is 0 Å². The van der Waals surface area contributed by atoms with Gasteiger partial charge in [-0.1, -0.05) is 72.8 Å². The summed E-state index contributed by atoms with van der Waals surface area (Å²) in [4.78, 5) is 0. The highest BCUT2D eigenvalue weighted by Gasteiger charge is 2.28. The topological polar surface area (TPSA) is 36.9 Å². The van der Waals surface area contributed by atoms with Crippen LogP contribution in [-0.2, 0) is 32.2 Å². The fraction of sp³-hybridized carbons (Fsp3) is 0.304. The second kappa shape index (κ2) is 10.8. The number of hydrogen-bond donors (Lipinski definition) is 0. The SMILES string of the molecule is C=CCO[C@H]1C=C[C@@H](OCc2ccccc2)[C@@H](COCc2ccccc2)O1. The van der Waals surface area contributed by atoms with Crippen LogP contribution >= 0.6 is 0 Å². The van der Waals surface area contributed by atoms with Crippen LogP contribution in [0.5, 0.6) is 0 Å². The lowest BCUT2D eigenvalue weighted by Crippen LogP contribution is -2.41. The molecule has 27 heavy (non-hydrogen) atoms. The third-order valence-electron chi connectivity index (χ3n) is 4.19. The normalized spacial score (nSPS) is 21.9. The first-order valence-corrected chi connectivity index (χ1v) is 9.18. The van der Waals surface area contributed by atoms with E-state index < -0.39 is 6.29 Å². The Balaban J connectivity index is 1.56. The van der Waals surface area contributed by atoms with Crippen LogP contribution < -0.4 is 0 Å². The van der Waals surface area contributed by atoms with Crippen LogP contribution in [-0.4, -0.2) is 31.7 Å². The predicted octanol–water partition coefficient (Wildman–Crippen LogP) is 4.27. The zero-order valence-corrected chi connectivity index (χ0v) is 15.4. The van der Waals surface area contributed by atoms with Crippen molar-refractivity contribution in [2.24, 2.45) is 0 Å². The van der Waals surface area contributed by atoms with E-state index in [-0.39, 0.29) is 12.2 Å². The van der Waals surface area contributed by atoms with Crippen LogP contribution in [0.3, 0.4) is 0 Å². The lowest BCUT2D eigenvalue weighted by atomic mass is 10.1. The minimum Gasteiger partial charge on any atom is -0.374 e. The van der Waals surface area contributed by atoms with Crippen LogP contribution in [0.25, 0.3) is 0 Å². The van der Waals surface area contributed by atoms with Gasteiger partial charge in [0, 0.05) is 0 Å². The summed E-state index contributed by atoms with van der Waals surface area (Å²) in [6, 6.07) is 20.2. The highest BCUT2D eigenvalue weighted by molar-refractivity contribution is 5.14. The fourth-order valence-electron chi connectivity index (χ4n) is 2.81. The van der Waals surface area contributed by atoms with Gasteiger partial charge in [-0.05, 0) is 17.2 Å². The first-order chi connectivity index (χ1) is 13.3. The summed E-state index contributed by atoms with van der Waals surface area (Å²) < 4.78 is 23.6. The molecular weight excluding hydrogens is 340 g/mol. The van der Waals surface area contributed by atoms with Crippen molar-refractivity contribution in [3.8, 4) is 0 Å². The third kappa shape index (κ3) is 6.45. The number of rotatable bonds is 10. The van der Waals surface area contributed by atoms with Crippen molar-refractivity contribution in [1.82, 2.24) is 0 Å². The molecule has 3 rings (SSSR count). The van der Waals surface area contributed by atoms with Gasteiger partial charge in [-0.2, -0.15) is 0 Å². The molecule has 0 aromatic heterocycles. The molecule has 0 radical (unpaired) electrons. The lowest BCUT2D eigenvalue weighted by molar-refractivity contribution is -0.191. The largest absolute Gasteiger partial charge is 0.374 e. The van der Waals surface area contributed by atoms with Crippen molar-refractivity contribution in [2.45, 2.75) is 31.7 Å². The standard InChI is InChI=1S/C23H26O4/c1-2-15-25-23-14-13-21(26-17-20-11-7-4-8-12-20)22(27-23)18-24-16-19-9-5-3-6-10-19/h2-14,21-23H,1,15-18H2/t21-,22-,23-/m1/s1. The van der Waals surface area contributed by atoms with E-state index in [9.17, 15) is 0 Å². The quantitative estimate of drug-likeness (QED) is 0.589. The molecule has 4 nitrogen and oxygen atoms in total. The highest BCUT2D eigenvalue weighted by atomic mass is 16.7. The van der Waals surface area contributed by atoms with Gasteiger partial charge in [-0.15, -0.1) is 6.58 Å². The van der Waals surface area contributed by atoms with Crippen LogP contribution in [0.2, 0.25) is 0 Å². The van der Waals surface area contributed by atoms with Crippen LogP contribution in [0.4, 0.5) is 0 Å². The Morgan fingerprint density at radius 2 is 1.52 bits per heavy atom. The Kier molecular flexibility index (Phi) is 7.81. The molecule has 2 aromatic carbocycles. The molecule has 0 saturated heterocycles. The molecule has 1 heterocycles. The summed E-state index contributed by atoms with van der Waals surface area (Å²) in [6.07, 6.45) is 4.74. The Morgan fingerprint density at radius 1 is 0.852 bits per heavy atom. The van der Waals surface area contributed by atoms with Gasteiger partial charge in [-0.3, -0.25) is 0 Å². The summed E-state index contributed by atoms with van der Waals surface area (Å²) >= 11 is 0. The molecular formula is C23H26O4. The third-order valence-corrected chi connectivity index (χ3v) is 4.19. The fourth-order valence-corrected chi connectivity index (χ4v) is 2.81. The predicted molar refractivity (Wildman–Crippen MR) is 105 cm³/mol. The molecule has 0 unspecified atom stereocenters. The summed E-state index contributed by atoms with van der Waals surface area (Å²) in [5.41, 5.74) is 2.25. The highest BCUT2D eigenvalue weighted by Crippen LogP contribution is 2.19. The van der Waals surface area contributed by atoms with Gasteiger partial charge in [0.2, 0.25) is 0 Å². The molecule has 4 heteroatoms. The summed E-state index contributed by atoms with van der Waals surface area (Å²) in [5.74, 6) is 0. The van der Waals surface area contributed by atoms with Gasteiger partial charge in [0.15, 0.2) is 6.29 Å². The van der Waals surface area contributed by atoms with Crippen LogP contribution in [0.15, 0.2) is 85.5 Å². The molecule has 1 aliphatic rings. The smallest absolute Gasteiger partial charge is 0.177 e. The molecule has 1 aliphatic heterocycles. The second-order valence-corrected chi connectivity index (χ2v) is 6.31. The van der Waals surface area contributed by atoms with E-state index in [1.54, 1.807) is 6.08 Å². The van der Waals surface area contributed by atoms with Crippen LogP contribution in [0.1, 0.15) is 11.1 Å². The van der Waals surface area contributed by atoms with Crippen molar-refractivity contribution in [3.05, 3.63) is 96.6 Å². The van der Waals surface area contributed by atoms with Gasteiger partial charge in [0.05, 0.1) is 26.4 Å². The maximum absolute atomic E-state index is 6.07. The van der Waals surface area contributed by atoms with Crippen LogP contribution in [0, 0.1) is 0 Å². The average molecular weight is 366 g/mol. The van der Waals surface area contributed by atoms with Crippen molar-refractivity contribution in [1.29, 1.82) is 0 Å². The molecule has 0 saturated carbocycles. The minimum atomic E-state index is -0.412. The van der Waals surface area contributed by atoms with E-state index >= 15 is 0 Å². The van der Waals surface area contributed by atoms with E-state index in [2.05, 4.69) is 6.58 Å². The summed E-state index contributed by atoms with van der Waals surface area (Å²) in [7, 11) is 0. The Hall–Kier alpha value is -2.24. The molecule has 0 amide bonds. The molecule has 0 fully saturated rings. The monoisotopic (exact) mass is 366 g/mol. The van der Waals surface area contributed by atoms with Crippen molar-refractivity contribution in [3.63, 3.8) is 0 Å². The van der Waals surface area contributed by atoms with Gasteiger partial charge < -0.3 is 18.9 Å². The summed E-state index contributed by atoms with van der Waals surface area (Å²) in [6.45, 7) is 5.58. The zero-order chi connectivity index (χ0) is 18.7. The molecule has 142 valence electrons. The molecule has 2 aromatic rings. The second-order valence-electron chi connectivity index (χ2n) is 6.31. The Labute approximate surface area is 161 Å². The van der Waals surface area contributed by atoms with Crippen molar-refractivity contribution in [2.75, 3.05) is 13.2 Å². The Bertz CT molecular complexity index is 699. The first kappa shape index (κ1) is 19.5. The number of ether oxygens (including phenoxy) is 4. The van der Waals surface area contributed by atoms with E-state index in [4.69, 9.17) is 18.9 Å². The molecule has 3 atom stereocenters. The lowest BCUT2D eigenvalue weighted by Gasteiger charge is -2.32. The molecule has 0 aliphatic carbocycles. The van der Waals surface area contributed by atoms with Gasteiger partial charge in [0.1, 0.15) is 12.2 Å². The Morgan fingerprint density at radius 3 is 2.19 bits per heavy atom. The molecule has 0 spiro atoms. The van der Waals surface area contributed by atoms with E-state index in [0.717, 1.165) is 11.1 Å². The number of hydrogen-bond acceptors (Lipinski definition) is 4. The van der Waals surface area contributed by atoms with Gasteiger partial charge >= 0.3 is 0 Å². The van der Waals surface area contributed by atoms with Gasteiger partial charge in [0.25, 0.3) is 0 Å². The first-order valence-electron chi connectivity index (χ1n) is 9.18. The van der Waals surface area contributed by atoms with E-state index in [1.165, 1.54) is 0 Å². The minimum absolute atomic E-state index is 0.190.